The molecule has 14 heavy (non-hydrogen) atoms. The van der Waals surface area contributed by atoms with Crippen molar-refractivity contribution in [2.24, 2.45) is 5.73 Å². The van der Waals surface area contributed by atoms with Crippen LogP contribution in [-0.4, -0.2) is 44.9 Å². The van der Waals surface area contributed by atoms with E-state index in [1.807, 2.05) is 0 Å². The van der Waals surface area contributed by atoms with Gasteiger partial charge in [-0.3, -0.25) is 4.79 Å². The topological polar surface area (TPSA) is 73.6 Å². The fraction of sp³-hybridized carbons (Fsp3) is 0.889. The Kier molecular flexibility index (Phi) is 4.31. The molecule has 1 aliphatic rings. The Hall–Kier alpha value is -0.650. The fourth-order valence-electron chi connectivity index (χ4n) is 1.62. The molecule has 0 atom stereocenters. The summed E-state index contributed by atoms with van der Waals surface area (Å²) in [6.07, 6.45) is 1.29. The molecule has 0 aromatic carbocycles. The van der Waals surface area contributed by atoms with Gasteiger partial charge in [0.05, 0.1) is 6.61 Å². The molecule has 0 spiro atoms. The van der Waals surface area contributed by atoms with Crippen LogP contribution in [0.1, 0.15) is 12.8 Å². The number of hydrogen-bond donors (Lipinski definition) is 2. The average Bonchev–Trinajstić information content (AvgIpc) is 2.19. The lowest BCUT2D eigenvalue weighted by Gasteiger charge is -2.35. The first-order valence-electron chi connectivity index (χ1n) is 4.83. The number of ether oxygens (including phenoxy) is 2. The van der Waals surface area contributed by atoms with Crippen LogP contribution >= 0.6 is 0 Å². The summed E-state index contributed by atoms with van der Waals surface area (Å²) < 4.78 is 10.1. The Labute approximate surface area is 83.9 Å². The second-order valence-corrected chi connectivity index (χ2v) is 3.48. The first-order valence-corrected chi connectivity index (χ1v) is 4.83. The van der Waals surface area contributed by atoms with Gasteiger partial charge in [-0.2, -0.15) is 0 Å². The first-order chi connectivity index (χ1) is 6.71. The second-order valence-electron chi connectivity index (χ2n) is 3.48. The number of methoxy groups -OCH3 is 1. The lowest BCUT2D eigenvalue weighted by atomic mass is 9.89. The van der Waals surface area contributed by atoms with Gasteiger partial charge in [0.15, 0.2) is 0 Å². The van der Waals surface area contributed by atoms with Gasteiger partial charge in [0, 0.05) is 26.9 Å². The van der Waals surface area contributed by atoms with Gasteiger partial charge in [0.25, 0.3) is 0 Å². The van der Waals surface area contributed by atoms with Crippen LogP contribution in [0.2, 0.25) is 0 Å². The van der Waals surface area contributed by atoms with Gasteiger partial charge in [0.1, 0.15) is 5.54 Å². The molecule has 0 aliphatic carbocycles. The Bertz CT molecular complexity index is 190. The van der Waals surface area contributed by atoms with E-state index in [-0.39, 0.29) is 5.91 Å². The average molecular weight is 202 g/mol. The van der Waals surface area contributed by atoms with E-state index in [0.717, 1.165) is 0 Å². The second kappa shape index (κ2) is 5.29. The molecule has 1 fully saturated rings. The molecule has 0 aromatic rings. The van der Waals surface area contributed by atoms with Gasteiger partial charge in [-0.25, -0.2) is 0 Å². The molecule has 1 rings (SSSR count). The minimum atomic E-state index is -0.587. The molecule has 0 unspecified atom stereocenters. The van der Waals surface area contributed by atoms with E-state index in [1.165, 1.54) is 0 Å². The molecule has 0 radical (unpaired) electrons. The van der Waals surface area contributed by atoms with Crippen LogP contribution < -0.4 is 11.1 Å². The fourth-order valence-corrected chi connectivity index (χ4v) is 1.62. The summed E-state index contributed by atoms with van der Waals surface area (Å²) in [6.45, 7) is 2.39. The molecular formula is C9H18N2O3. The lowest BCUT2D eigenvalue weighted by Crippen LogP contribution is -2.59. The van der Waals surface area contributed by atoms with Crippen molar-refractivity contribution in [3.8, 4) is 0 Å². The zero-order valence-electron chi connectivity index (χ0n) is 8.54. The van der Waals surface area contributed by atoms with Crippen molar-refractivity contribution in [2.75, 3.05) is 33.5 Å². The number of nitrogens with one attached hydrogen (secondary N) is 1. The number of amides is 1. The Morgan fingerprint density at radius 3 is 2.71 bits per heavy atom. The van der Waals surface area contributed by atoms with Crippen molar-refractivity contribution in [1.29, 1.82) is 0 Å². The van der Waals surface area contributed by atoms with Gasteiger partial charge in [-0.05, 0) is 12.8 Å². The van der Waals surface area contributed by atoms with E-state index in [2.05, 4.69) is 5.32 Å². The molecule has 0 aromatic heterocycles. The first kappa shape index (κ1) is 11.4. The molecule has 5 nitrogen and oxygen atoms in total. The molecule has 0 saturated carbocycles. The zero-order chi connectivity index (χ0) is 10.4. The highest BCUT2D eigenvalue weighted by molar-refractivity contribution is 5.84. The van der Waals surface area contributed by atoms with Crippen LogP contribution in [0, 0.1) is 0 Å². The molecular weight excluding hydrogens is 184 g/mol. The molecule has 82 valence electrons. The largest absolute Gasteiger partial charge is 0.383 e. The maximum atomic E-state index is 11.3. The zero-order valence-corrected chi connectivity index (χ0v) is 8.54. The normalized spacial score (nSPS) is 20.6. The highest BCUT2D eigenvalue weighted by atomic mass is 16.5. The van der Waals surface area contributed by atoms with E-state index in [0.29, 0.717) is 39.2 Å². The summed E-state index contributed by atoms with van der Waals surface area (Å²) in [5.74, 6) is -0.295. The smallest absolute Gasteiger partial charge is 0.237 e. The van der Waals surface area contributed by atoms with E-state index in [1.54, 1.807) is 7.11 Å². The van der Waals surface area contributed by atoms with Gasteiger partial charge in [-0.1, -0.05) is 0 Å². The number of nitrogens with two attached hydrogens (primary N) is 1. The SMILES string of the molecule is COCCNC1(C(N)=O)CCOCC1. The lowest BCUT2D eigenvalue weighted by molar-refractivity contribution is -0.128. The quantitative estimate of drug-likeness (QED) is 0.576. The highest BCUT2D eigenvalue weighted by Gasteiger charge is 2.37. The van der Waals surface area contributed by atoms with Crippen molar-refractivity contribution in [2.45, 2.75) is 18.4 Å². The van der Waals surface area contributed by atoms with E-state index in [9.17, 15) is 4.79 Å². The number of hydrogen-bond acceptors (Lipinski definition) is 4. The molecule has 5 heteroatoms. The van der Waals surface area contributed by atoms with Gasteiger partial charge >= 0.3 is 0 Å². The summed E-state index contributed by atoms with van der Waals surface area (Å²) in [5.41, 5.74) is 4.80. The maximum Gasteiger partial charge on any atom is 0.237 e. The van der Waals surface area contributed by atoms with Crippen molar-refractivity contribution in [1.82, 2.24) is 5.32 Å². The number of carbonyl (C=O) groups excluding carboxylic acids is 1. The van der Waals surface area contributed by atoms with E-state index >= 15 is 0 Å². The number of primary amides is 1. The van der Waals surface area contributed by atoms with Crippen molar-refractivity contribution in [3.05, 3.63) is 0 Å². The van der Waals surface area contributed by atoms with Crippen LogP contribution in [0.4, 0.5) is 0 Å². The van der Waals surface area contributed by atoms with Gasteiger partial charge in [0.2, 0.25) is 5.91 Å². The summed E-state index contributed by atoms with van der Waals surface area (Å²) in [5, 5.41) is 3.16. The predicted octanol–water partition coefficient (Wildman–Crippen LogP) is -0.743. The van der Waals surface area contributed by atoms with Crippen molar-refractivity contribution >= 4 is 5.91 Å². The van der Waals surface area contributed by atoms with Crippen molar-refractivity contribution in [3.63, 3.8) is 0 Å². The number of carbonyl (C=O) groups is 1. The minimum Gasteiger partial charge on any atom is -0.383 e. The minimum absolute atomic E-state index is 0.295. The third-order valence-corrected chi connectivity index (χ3v) is 2.59. The maximum absolute atomic E-state index is 11.3. The molecule has 1 amide bonds. The van der Waals surface area contributed by atoms with Gasteiger partial charge in [-0.15, -0.1) is 0 Å². The van der Waals surface area contributed by atoms with E-state index in [4.69, 9.17) is 15.2 Å². The standard InChI is InChI=1S/C9H18N2O3/c1-13-7-4-11-9(8(10)12)2-5-14-6-3-9/h11H,2-7H2,1H3,(H2,10,12). The predicted molar refractivity (Wildman–Crippen MR) is 51.9 cm³/mol. The van der Waals surface area contributed by atoms with Crippen LogP contribution in [-0.2, 0) is 14.3 Å². The Balaban J connectivity index is 2.47. The van der Waals surface area contributed by atoms with Crippen LogP contribution in [0.15, 0.2) is 0 Å². The summed E-state index contributed by atoms with van der Waals surface area (Å²) in [6, 6.07) is 0. The summed E-state index contributed by atoms with van der Waals surface area (Å²) >= 11 is 0. The van der Waals surface area contributed by atoms with E-state index < -0.39 is 5.54 Å². The summed E-state index contributed by atoms with van der Waals surface area (Å²) in [4.78, 5) is 11.3. The number of rotatable bonds is 5. The van der Waals surface area contributed by atoms with Gasteiger partial charge < -0.3 is 20.5 Å². The Morgan fingerprint density at radius 2 is 2.21 bits per heavy atom. The van der Waals surface area contributed by atoms with Crippen LogP contribution in [0.25, 0.3) is 0 Å². The molecule has 3 N–H and O–H groups in total. The monoisotopic (exact) mass is 202 g/mol. The summed E-state index contributed by atoms with van der Waals surface area (Å²) in [7, 11) is 1.63. The molecule has 0 bridgehead atoms. The highest BCUT2D eigenvalue weighted by Crippen LogP contribution is 2.19. The molecule has 1 heterocycles. The molecule has 1 aliphatic heterocycles. The van der Waals surface area contributed by atoms with Crippen LogP contribution in [0.3, 0.4) is 0 Å². The Morgan fingerprint density at radius 1 is 1.57 bits per heavy atom. The van der Waals surface area contributed by atoms with Crippen molar-refractivity contribution < 1.29 is 14.3 Å². The third kappa shape index (κ3) is 2.67. The van der Waals surface area contributed by atoms with Crippen LogP contribution in [0.5, 0.6) is 0 Å². The third-order valence-electron chi connectivity index (χ3n) is 2.59. The molecule has 1 saturated heterocycles.